The van der Waals surface area contributed by atoms with Crippen LogP contribution in [0.5, 0.6) is 0 Å². The van der Waals surface area contributed by atoms with Gasteiger partial charge in [-0.15, -0.1) is 11.6 Å². The van der Waals surface area contributed by atoms with Gasteiger partial charge in [0.25, 0.3) is 0 Å². The Balaban J connectivity index is 2.47. The van der Waals surface area contributed by atoms with Gasteiger partial charge in [-0.05, 0) is 24.7 Å². The van der Waals surface area contributed by atoms with Crippen LogP contribution in [0.15, 0.2) is 11.6 Å². The maximum absolute atomic E-state index is 5.71. The molecule has 0 spiro atoms. The maximum atomic E-state index is 5.71. The lowest BCUT2D eigenvalue weighted by atomic mass is 9.96. The summed E-state index contributed by atoms with van der Waals surface area (Å²) in [6.45, 7) is 4.55. The highest BCUT2D eigenvalue weighted by molar-refractivity contribution is 6.19. The van der Waals surface area contributed by atoms with Crippen LogP contribution < -0.4 is 0 Å². The second kappa shape index (κ2) is 3.43. The summed E-state index contributed by atoms with van der Waals surface area (Å²) in [5.41, 5.74) is 1.44. The van der Waals surface area contributed by atoms with E-state index in [1.807, 2.05) is 0 Å². The van der Waals surface area contributed by atoms with Gasteiger partial charge < -0.3 is 0 Å². The first-order chi connectivity index (χ1) is 4.74. The number of rotatable bonds is 2. The molecule has 0 N–H and O–H groups in total. The molecule has 0 heterocycles. The highest BCUT2D eigenvalue weighted by Gasteiger charge is 2.17. The van der Waals surface area contributed by atoms with Crippen molar-refractivity contribution in [2.45, 2.75) is 26.7 Å². The van der Waals surface area contributed by atoms with Gasteiger partial charge in [0.05, 0.1) is 0 Å². The highest BCUT2D eigenvalue weighted by Crippen LogP contribution is 2.29. The first-order valence-electron chi connectivity index (χ1n) is 3.99. The standard InChI is InChI=1S/C9H15Cl/c1-7(2)9-4-3-8(5-9)6-10/h5,7,9H,3-4,6H2,1-2H3. The minimum absolute atomic E-state index is 0.739. The molecule has 58 valence electrons. The van der Waals surface area contributed by atoms with Crippen molar-refractivity contribution < 1.29 is 0 Å². The molecule has 1 unspecified atom stereocenters. The molecule has 0 aromatic carbocycles. The summed E-state index contributed by atoms with van der Waals surface area (Å²) in [5, 5.41) is 0. The van der Waals surface area contributed by atoms with Crippen LogP contribution in [0, 0.1) is 11.8 Å². The van der Waals surface area contributed by atoms with Gasteiger partial charge in [-0.25, -0.2) is 0 Å². The van der Waals surface area contributed by atoms with Gasteiger partial charge in [0.2, 0.25) is 0 Å². The zero-order valence-corrected chi connectivity index (χ0v) is 7.49. The summed E-state index contributed by atoms with van der Waals surface area (Å²) in [6, 6.07) is 0. The van der Waals surface area contributed by atoms with Crippen LogP contribution >= 0.6 is 11.6 Å². The summed E-state index contributed by atoms with van der Waals surface area (Å²) in [7, 11) is 0. The molecule has 1 aliphatic rings. The number of hydrogen-bond acceptors (Lipinski definition) is 0. The Labute approximate surface area is 68.3 Å². The number of alkyl halides is 1. The van der Waals surface area contributed by atoms with Crippen LogP contribution in [-0.4, -0.2) is 5.88 Å². The van der Waals surface area contributed by atoms with Crippen LogP contribution in [0.3, 0.4) is 0 Å². The third-order valence-corrected chi connectivity index (χ3v) is 2.62. The molecule has 0 aromatic heterocycles. The van der Waals surface area contributed by atoms with Gasteiger partial charge in [-0.2, -0.15) is 0 Å². The minimum Gasteiger partial charge on any atom is -0.122 e. The van der Waals surface area contributed by atoms with Gasteiger partial charge in [-0.3, -0.25) is 0 Å². The number of halogens is 1. The van der Waals surface area contributed by atoms with E-state index in [0.29, 0.717) is 0 Å². The predicted molar refractivity (Wildman–Crippen MR) is 46.4 cm³/mol. The summed E-state index contributed by atoms with van der Waals surface area (Å²) in [5.74, 6) is 2.33. The molecule has 0 bridgehead atoms. The van der Waals surface area contributed by atoms with Gasteiger partial charge >= 0.3 is 0 Å². The fraction of sp³-hybridized carbons (Fsp3) is 0.778. The largest absolute Gasteiger partial charge is 0.122 e. The van der Waals surface area contributed by atoms with E-state index in [1.54, 1.807) is 0 Å². The molecule has 0 saturated heterocycles. The van der Waals surface area contributed by atoms with E-state index < -0.39 is 0 Å². The van der Waals surface area contributed by atoms with Crippen LogP contribution in [-0.2, 0) is 0 Å². The summed E-state index contributed by atoms with van der Waals surface area (Å²) in [4.78, 5) is 0. The van der Waals surface area contributed by atoms with E-state index in [1.165, 1.54) is 18.4 Å². The molecule has 0 aromatic rings. The third-order valence-electron chi connectivity index (χ3n) is 2.28. The molecule has 0 saturated carbocycles. The van der Waals surface area contributed by atoms with Gasteiger partial charge in [0.15, 0.2) is 0 Å². The van der Waals surface area contributed by atoms with E-state index in [4.69, 9.17) is 11.6 Å². The van der Waals surface area contributed by atoms with Crippen molar-refractivity contribution in [2.24, 2.45) is 11.8 Å². The molecule has 10 heavy (non-hydrogen) atoms. The Kier molecular flexibility index (Phi) is 2.79. The van der Waals surface area contributed by atoms with E-state index in [0.717, 1.165) is 17.7 Å². The minimum atomic E-state index is 0.739. The fourth-order valence-corrected chi connectivity index (χ4v) is 1.68. The lowest BCUT2D eigenvalue weighted by molar-refractivity contribution is 0.458. The molecule has 1 heteroatoms. The summed E-state index contributed by atoms with van der Waals surface area (Å²) in [6.07, 6.45) is 4.91. The Bertz CT molecular complexity index is 136. The molecule has 1 aliphatic carbocycles. The Hall–Kier alpha value is 0.0300. The molecule has 1 atom stereocenters. The molecule has 1 rings (SSSR count). The first-order valence-corrected chi connectivity index (χ1v) is 4.53. The quantitative estimate of drug-likeness (QED) is 0.428. The lowest BCUT2D eigenvalue weighted by Gasteiger charge is -2.09. The molecule has 0 amide bonds. The van der Waals surface area contributed by atoms with Crippen molar-refractivity contribution in [1.82, 2.24) is 0 Å². The zero-order valence-electron chi connectivity index (χ0n) is 6.73. The smallest absolute Gasteiger partial charge is 0.0433 e. The van der Waals surface area contributed by atoms with Crippen LogP contribution in [0.2, 0.25) is 0 Å². The monoisotopic (exact) mass is 158 g/mol. The van der Waals surface area contributed by atoms with Crippen LogP contribution in [0.4, 0.5) is 0 Å². The molecule has 0 aliphatic heterocycles. The Morgan fingerprint density at radius 1 is 1.70 bits per heavy atom. The Morgan fingerprint density at radius 2 is 2.40 bits per heavy atom. The number of allylic oxidation sites excluding steroid dienone is 2. The molecule has 0 fully saturated rings. The topological polar surface area (TPSA) is 0 Å². The summed E-state index contributed by atoms with van der Waals surface area (Å²) >= 11 is 5.71. The van der Waals surface area contributed by atoms with Crippen molar-refractivity contribution in [3.8, 4) is 0 Å². The zero-order chi connectivity index (χ0) is 7.56. The number of hydrogen-bond donors (Lipinski definition) is 0. The summed E-state index contributed by atoms with van der Waals surface area (Å²) < 4.78 is 0. The molecular weight excluding hydrogens is 144 g/mol. The molecular formula is C9H15Cl. The van der Waals surface area contributed by atoms with Crippen LogP contribution in [0.1, 0.15) is 26.7 Å². The average molecular weight is 159 g/mol. The third kappa shape index (κ3) is 1.76. The molecule has 0 radical (unpaired) electrons. The normalized spacial score (nSPS) is 25.6. The van der Waals surface area contributed by atoms with Gasteiger partial charge in [0, 0.05) is 5.88 Å². The van der Waals surface area contributed by atoms with E-state index >= 15 is 0 Å². The van der Waals surface area contributed by atoms with Crippen molar-refractivity contribution in [2.75, 3.05) is 5.88 Å². The second-order valence-corrected chi connectivity index (χ2v) is 3.67. The Morgan fingerprint density at radius 3 is 2.70 bits per heavy atom. The van der Waals surface area contributed by atoms with Crippen LogP contribution in [0.25, 0.3) is 0 Å². The first kappa shape index (κ1) is 8.13. The average Bonchev–Trinajstić information content (AvgIpc) is 2.34. The second-order valence-electron chi connectivity index (χ2n) is 3.41. The fourth-order valence-electron chi connectivity index (χ4n) is 1.46. The van der Waals surface area contributed by atoms with Gasteiger partial charge in [-0.1, -0.05) is 25.5 Å². The lowest BCUT2D eigenvalue weighted by Crippen LogP contribution is -2.00. The van der Waals surface area contributed by atoms with E-state index in [9.17, 15) is 0 Å². The van der Waals surface area contributed by atoms with E-state index in [2.05, 4.69) is 19.9 Å². The van der Waals surface area contributed by atoms with E-state index in [-0.39, 0.29) is 0 Å². The van der Waals surface area contributed by atoms with Crippen molar-refractivity contribution in [3.63, 3.8) is 0 Å². The SMILES string of the molecule is CC(C)C1C=C(CCl)CC1. The maximum Gasteiger partial charge on any atom is 0.0433 e. The predicted octanol–water partition coefficient (Wildman–Crippen LogP) is 3.22. The van der Waals surface area contributed by atoms with Crippen molar-refractivity contribution >= 4 is 11.6 Å². The molecule has 0 nitrogen and oxygen atoms in total. The highest BCUT2D eigenvalue weighted by atomic mass is 35.5. The van der Waals surface area contributed by atoms with Crippen molar-refractivity contribution in [1.29, 1.82) is 0 Å². The van der Waals surface area contributed by atoms with Crippen molar-refractivity contribution in [3.05, 3.63) is 11.6 Å². The van der Waals surface area contributed by atoms with Gasteiger partial charge in [0.1, 0.15) is 0 Å².